The zero-order chi connectivity index (χ0) is 32.8. The van der Waals surface area contributed by atoms with Crippen LogP contribution in [0.1, 0.15) is 109 Å². The van der Waals surface area contributed by atoms with E-state index in [1.54, 1.807) is 33.8 Å². The number of hydrogen-bond donors (Lipinski definition) is 6. The number of ketones is 2. The molecule has 2 fully saturated rings. The fourth-order valence-electron chi connectivity index (χ4n) is 9.39. The van der Waals surface area contributed by atoms with Crippen LogP contribution in [0.3, 0.4) is 0 Å². The smallest absolute Gasteiger partial charge is 0.230 e. The molecule has 2 saturated carbocycles. The normalized spacial score (nSPS) is 39.5. The first-order valence-electron chi connectivity index (χ1n) is 15.7. The number of aliphatic hydroxyl groups excluding tert-OH is 3. The van der Waals surface area contributed by atoms with Gasteiger partial charge in [0.2, 0.25) is 5.91 Å². The van der Waals surface area contributed by atoms with Crippen LogP contribution in [0.5, 0.6) is 5.75 Å². The number of phenolic OH excluding ortho intramolecular Hbond substituents is 1. The van der Waals surface area contributed by atoms with E-state index in [0.29, 0.717) is 17.0 Å². The second-order valence-electron chi connectivity index (χ2n) is 15.4. The summed E-state index contributed by atoms with van der Waals surface area (Å²) < 4.78 is 0. The highest BCUT2D eigenvalue weighted by Crippen LogP contribution is 2.68. The van der Waals surface area contributed by atoms with E-state index in [2.05, 4.69) is 13.8 Å². The van der Waals surface area contributed by atoms with Crippen molar-refractivity contribution in [2.24, 2.45) is 46.2 Å². The van der Waals surface area contributed by atoms with Gasteiger partial charge in [-0.1, -0.05) is 87.3 Å². The molecule has 0 aromatic heterocycles. The van der Waals surface area contributed by atoms with Gasteiger partial charge in [0, 0.05) is 16.4 Å². The molecule has 0 bridgehead atoms. The van der Waals surface area contributed by atoms with E-state index < -0.39 is 87.2 Å². The molecule has 1 amide bonds. The van der Waals surface area contributed by atoms with Crippen LogP contribution in [0.4, 0.5) is 0 Å². The van der Waals surface area contributed by atoms with Gasteiger partial charge in [0.25, 0.3) is 0 Å². The van der Waals surface area contributed by atoms with E-state index >= 15 is 0 Å². The van der Waals surface area contributed by atoms with Gasteiger partial charge in [-0.3, -0.25) is 14.4 Å². The summed E-state index contributed by atoms with van der Waals surface area (Å²) in [5.74, 6) is -8.21. The van der Waals surface area contributed by atoms with Gasteiger partial charge in [-0.2, -0.15) is 0 Å². The molecular formula is C34H51NO8. The second-order valence-corrected chi connectivity index (χ2v) is 15.4. The lowest BCUT2D eigenvalue weighted by molar-refractivity contribution is -0.306. The van der Waals surface area contributed by atoms with Crippen molar-refractivity contribution >= 4 is 17.5 Å². The lowest BCUT2D eigenvalue weighted by Gasteiger charge is -2.69. The van der Waals surface area contributed by atoms with Crippen molar-refractivity contribution in [3.63, 3.8) is 0 Å². The maximum atomic E-state index is 14.5. The highest BCUT2D eigenvalue weighted by molar-refractivity contribution is 6.09. The number of carbonyl (C=O) groups is 3. The summed E-state index contributed by atoms with van der Waals surface area (Å²) in [7, 11) is 0. The summed E-state index contributed by atoms with van der Waals surface area (Å²) in [5.41, 5.74) is 0.0866. The van der Waals surface area contributed by atoms with Crippen molar-refractivity contribution in [2.45, 2.75) is 117 Å². The van der Waals surface area contributed by atoms with Crippen molar-refractivity contribution < 1.29 is 39.9 Å². The highest BCUT2D eigenvalue weighted by atomic mass is 16.4. The number of hydrogen-bond acceptors (Lipinski definition) is 8. The first-order chi connectivity index (χ1) is 19.6. The average Bonchev–Trinajstić information content (AvgIpc) is 2.88. The van der Waals surface area contributed by atoms with Crippen LogP contribution in [-0.2, 0) is 15.0 Å². The molecule has 2 unspecified atom stereocenters. The number of aromatic hydroxyl groups is 1. The minimum Gasteiger partial charge on any atom is -0.507 e. The fraction of sp³-hybridized carbons (Fsp3) is 0.735. The minimum absolute atomic E-state index is 0.0121. The lowest BCUT2D eigenvalue weighted by Crippen LogP contribution is -2.83. The highest BCUT2D eigenvalue weighted by Gasteiger charge is 2.80. The Kier molecular flexibility index (Phi) is 8.30. The van der Waals surface area contributed by atoms with Crippen LogP contribution < -0.4 is 5.73 Å². The first-order valence-corrected chi connectivity index (χ1v) is 15.7. The molecule has 3 aliphatic carbocycles. The summed E-state index contributed by atoms with van der Waals surface area (Å²) in [6.45, 7) is 16.7. The number of carbonyl (C=O) groups excluding carboxylic acids is 3. The van der Waals surface area contributed by atoms with Crippen LogP contribution in [-0.4, -0.2) is 66.9 Å². The quantitative estimate of drug-likeness (QED) is 0.258. The number of phenols is 1. The molecule has 7 N–H and O–H groups in total. The topological polar surface area (TPSA) is 178 Å². The van der Waals surface area contributed by atoms with E-state index in [1.807, 2.05) is 19.9 Å². The van der Waals surface area contributed by atoms with Gasteiger partial charge in [-0.15, -0.1) is 0 Å². The van der Waals surface area contributed by atoms with E-state index in [-0.39, 0.29) is 11.3 Å². The molecule has 4 rings (SSSR count). The van der Waals surface area contributed by atoms with Crippen molar-refractivity contribution in [3.05, 3.63) is 28.8 Å². The van der Waals surface area contributed by atoms with Gasteiger partial charge < -0.3 is 31.3 Å². The molecule has 240 valence electrons. The molecule has 43 heavy (non-hydrogen) atoms. The maximum Gasteiger partial charge on any atom is 0.230 e. The molecule has 0 aliphatic heterocycles. The van der Waals surface area contributed by atoms with Gasteiger partial charge in [-0.05, 0) is 41.1 Å². The number of aliphatic hydroxyl groups is 4. The molecule has 3 aliphatic rings. The number of nitrogens with two attached hydrogens (primary N) is 1. The fourth-order valence-corrected chi connectivity index (χ4v) is 9.39. The Morgan fingerprint density at radius 2 is 1.65 bits per heavy atom. The van der Waals surface area contributed by atoms with Crippen LogP contribution in [0.25, 0.3) is 0 Å². The SMILES string of the molecule is CC(C)CCCC(C)(C)c1ccc2c(c1O)C(=O)[C@@H]1C(O)[C@@]3(O)C(=O)[C@H](C(N)=O)C(O)[C@H](C(C)C)[C@@]3(C)[C@H](O)[C@@]1(C)[C@@H]2C. The predicted molar refractivity (Wildman–Crippen MR) is 161 cm³/mol. The Hall–Kier alpha value is -2.33. The summed E-state index contributed by atoms with van der Waals surface area (Å²) >= 11 is 0. The Morgan fingerprint density at radius 3 is 2.16 bits per heavy atom. The second kappa shape index (κ2) is 10.6. The Labute approximate surface area is 254 Å². The van der Waals surface area contributed by atoms with Gasteiger partial charge in [0.1, 0.15) is 17.8 Å². The maximum absolute atomic E-state index is 14.5. The third-order valence-corrected chi connectivity index (χ3v) is 11.9. The Morgan fingerprint density at radius 1 is 1.07 bits per heavy atom. The van der Waals surface area contributed by atoms with E-state index in [1.165, 1.54) is 6.92 Å². The Bertz CT molecular complexity index is 1320. The molecule has 0 spiro atoms. The van der Waals surface area contributed by atoms with Crippen LogP contribution in [0.15, 0.2) is 12.1 Å². The van der Waals surface area contributed by atoms with Crippen molar-refractivity contribution in [1.82, 2.24) is 0 Å². The third-order valence-electron chi connectivity index (χ3n) is 11.9. The monoisotopic (exact) mass is 601 g/mol. The molecule has 1 aromatic carbocycles. The number of benzene rings is 1. The van der Waals surface area contributed by atoms with Crippen molar-refractivity contribution in [1.29, 1.82) is 0 Å². The van der Waals surface area contributed by atoms with Gasteiger partial charge >= 0.3 is 0 Å². The molecular weight excluding hydrogens is 550 g/mol. The zero-order valence-corrected chi connectivity index (χ0v) is 27.0. The number of fused-ring (bicyclic) bond motifs is 3. The molecule has 9 nitrogen and oxygen atoms in total. The van der Waals surface area contributed by atoms with Gasteiger partial charge in [0.05, 0.1) is 23.7 Å². The summed E-state index contributed by atoms with van der Waals surface area (Å²) in [6, 6.07) is 3.62. The summed E-state index contributed by atoms with van der Waals surface area (Å²) in [4.78, 5) is 40.9. The van der Waals surface area contributed by atoms with Crippen molar-refractivity contribution in [2.75, 3.05) is 0 Å². The van der Waals surface area contributed by atoms with E-state index in [0.717, 1.165) is 19.3 Å². The summed E-state index contributed by atoms with van der Waals surface area (Å²) in [5, 5.41) is 59.7. The van der Waals surface area contributed by atoms with Crippen LogP contribution >= 0.6 is 0 Å². The van der Waals surface area contributed by atoms with Crippen LogP contribution in [0.2, 0.25) is 0 Å². The van der Waals surface area contributed by atoms with Crippen molar-refractivity contribution in [3.8, 4) is 5.75 Å². The predicted octanol–water partition coefficient (Wildman–Crippen LogP) is 3.21. The number of Topliss-reactive ketones (excluding diaryl/α,β-unsaturated/α-hetero) is 2. The molecule has 0 heterocycles. The molecule has 0 saturated heterocycles. The Balaban J connectivity index is 1.94. The average molecular weight is 602 g/mol. The third kappa shape index (κ3) is 4.28. The molecule has 1 aromatic rings. The first kappa shape index (κ1) is 33.6. The van der Waals surface area contributed by atoms with Gasteiger partial charge in [0.15, 0.2) is 17.2 Å². The number of rotatable bonds is 7. The number of amides is 1. The largest absolute Gasteiger partial charge is 0.507 e. The lowest BCUT2D eigenvalue weighted by atomic mass is 9.36. The minimum atomic E-state index is -2.79. The molecule has 9 heteroatoms. The van der Waals surface area contributed by atoms with Crippen LogP contribution in [0, 0.1) is 40.4 Å². The van der Waals surface area contributed by atoms with E-state index in [4.69, 9.17) is 5.73 Å². The standard InChI is InChI=1S/C34H51NO8/c1-15(2)11-10-14-31(6,7)19-13-12-18-17(5)32(8)23(25(37)20(18)24(19)36)28(40)34(43)27(39)21(29(35)41)26(38)22(16(3)4)33(34,9)30(32)42/h12-13,15-17,21-23,26,28,30,36,38,40,42-43H,10-11,14H2,1-9H3,(H2,35,41)/t17-,21-,22+,23-,26?,28?,30-,32+,33+,34+/m1/s1. The molecule has 0 radical (unpaired) electrons. The number of primary amides is 1. The molecule has 10 atom stereocenters. The van der Waals surface area contributed by atoms with Gasteiger partial charge in [-0.25, -0.2) is 0 Å². The summed E-state index contributed by atoms with van der Waals surface area (Å²) in [6.07, 6.45) is -2.56. The zero-order valence-electron chi connectivity index (χ0n) is 27.0. The van der Waals surface area contributed by atoms with E-state index in [9.17, 15) is 39.9 Å².